The number of nitrogens with zero attached hydrogens (tertiary/aromatic N) is 1. The highest BCUT2D eigenvalue weighted by Gasteiger charge is 2.06. The summed E-state index contributed by atoms with van der Waals surface area (Å²) in [7, 11) is 1.64. The van der Waals surface area contributed by atoms with E-state index in [1.807, 2.05) is 30.3 Å². The maximum atomic E-state index is 6.05. The molecule has 6 heteroatoms. The number of hydrogen-bond donors (Lipinski definition) is 3. The van der Waals surface area contributed by atoms with E-state index in [4.69, 9.17) is 10.5 Å². The fourth-order valence-electron chi connectivity index (χ4n) is 2.02. The Labute approximate surface area is 124 Å². The number of fused-ring (bicyclic) bond motifs is 1. The van der Waals surface area contributed by atoms with Crippen LogP contribution in [0, 0.1) is 0 Å². The number of H-pyrrole nitrogens is 1. The molecular weight excluding hydrogens is 320 g/mol. The van der Waals surface area contributed by atoms with Gasteiger partial charge in [0.25, 0.3) is 0 Å². The Morgan fingerprint density at radius 3 is 2.90 bits per heavy atom. The Kier molecular flexibility index (Phi) is 3.23. The minimum Gasteiger partial charge on any atom is -0.496 e. The second-order valence-electron chi connectivity index (χ2n) is 4.37. The van der Waals surface area contributed by atoms with Gasteiger partial charge in [0.1, 0.15) is 5.75 Å². The van der Waals surface area contributed by atoms with Gasteiger partial charge in [-0.25, -0.2) is 0 Å². The van der Waals surface area contributed by atoms with Crippen molar-refractivity contribution < 1.29 is 4.74 Å². The van der Waals surface area contributed by atoms with Crippen molar-refractivity contribution in [1.82, 2.24) is 10.2 Å². The summed E-state index contributed by atoms with van der Waals surface area (Å²) in [5.74, 6) is 0.785. The first kappa shape index (κ1) is 12.8. The number of aromatic nitrogens is 2. The average Bonchev–Trinajstić information content (AvgIpc) is 2.86. The first-order valence-electron chi connectivity index (χ1n) is 6.00. The number of halogens is 1. The van der Waals surface area contributed by atoms with Crippen LogP contribution >= 0.6 is 15.9 Å². The van der Waals surface area contributed by atoms with Crippen LogP contribution in [0.4, 0.5) is 17.1 Å². The standard InChI is InChI=1S/C14H13BrN4O/c1-20-14-3-2-9(5-10(14)15)18-13-6-12-8(4-11(13)16)7-17-19-12/h2-7,18H,16H2,1H3,(H,17,19). The molecule has 0 spiro atoms. The van der Waals surface area contributed by atoms with E-state index in [-0.39, 0.29) is 0 Å². The minimum atomic E-state index is 0.672. The highest BCUT2D eigenvalue weighted by molar-refractivity contribution is 9.10. The summed E-state index contributed by atoms with van der Waals surface area (Å²) >= 11 is 3.46. The lowest BCUT2D eigenvalue weighted by Crippen LogP contribution is -1.96. The molecule has 3 aromatic rings. The molecule has 1 heterocycles. The number of aromatic amines is 1. The summed E-state index contributed by atoms with van der Waals surface area (Å²) in [6.45, 7) is 0. The molecule has 3 rings (SSSR count). The maximum absolute atomic E-state index is 6.05. The monoisotopic (exact) mass is 332 g/mol. The summed E-state index contributed by atoms with van der Waals surface area (Å²) in [6.07, 6.45) is 1.75. The molecule has 0 atom stereocenters. The molecule has 102 valence electrons. The predicted octanol–water partition coefficient (Wildman–Crippen LogP) is 3.66. The molecular formula is C14H13BrN4O. The molecule has 20 heavy (non-hydrogen) atoms. The van der Waals surface area contributed by atoms with Crippen LogP contribution in [0.25, 0.3) is 10.9 Å². The van der Waals surface area contributed by atoms with E-state index in [1.165, 1.54) is 0 Å². The molecule has 0 radical (unpaired) electrons. The van der Waals surface area contributed by atoms with E-state index in [1.54, 1.807) is 13.3 Å². The van der Waals surface area contributed by atoms with Crippen LogP contribution in [-0.2, 0) is 0 Å². The highest BCUT2D eigenvalue weighted by Crippen LogP contribution is 2.32. The van der Waals surface area contributed by atoms with Crippen LogP contribution in [0.3, 0.4) is 0 Å². The summed E-state index contributed by atoms with van der Waals surface area (Å²) in [6, 6.07) is 9.59. The van der Waals surface area contributed by atoms with Crippen molar-refractivity contribution in [2.24, 2.45) is 0 Å². The van der Waals surface area contributed by atoms with E-state index in [2.05, 4.69) is 31.4 Å². The minimum absolute atomic E-state index is 0.672. The molecule has 0 saturated carbocycles. The Morgan fingerprint density at radius 1 is 1.30 bits per heavy atom. The van der Waals surface area contributed by atoms with E-state index in [0.717, 1.165) is 32.5 Å². The van der Waals surface area contributed by atoms with E-state index in [9.17, 15) is 0 Å². The number of nitrogens with two attached hydrogens (primary N) is 1. The summed E-state index contributed by atoms with van der Waals surface area (Å²) in [5.41, 5.74) is 9.41. The number of nitrogen functional groups attached to an aromatic ring is 1. The zero-order valence-electron chi connectivity index (χ0n) is 10.8. The SMILES string of the molecule is COc1ccc(Nc2cc3[nH]ncc3cc2N)cc1Br. The number of rotatable bonds is 3. The summed E-state index contributed by atoms with van der Waals surface area (Å²) in [5, 5.41) is 11.2. The topological polar surface area (TPSA) is 76.0 Å². The molecule has 0 aliphatic carbocycles. The fraction of sp³-hybridized carbons (Fsp3) is 0.0714. The van der Waals surface area contributed by atoms with Crippen molar-refractivity contribution >= 4 is 43.9 Å². The molecule has 5 nitrogen and oxygen atoms in total. The Balaban J connectivity index is 1.96. The molecule has 1 aromatic heterocycles. The molecule has 0 unspecified atom stereocenters. The third-order valence-corrected chi connectivity index (χ3v) is 3.66. The van der Waals surface area contributed by atoms with Gasteiger partial charge in [-0.05, 0) is 46.3 Å². The number of benzene rings is 2. The zero-order chi connectivity index (χ0) is 14.1. The van der Waals surface area contributed by atoms with Crippen molar-refractivity contribution in [1.29, 1.82) is 0 Å². The molecule has 0 amide bonds. The number of methoxy groups -OCH3 is 1. The fourth-order valence-corrected chi connectivity index (χ4v) is 2.56. The Morgan fingerprint density at radius 2 is 2.15 bits per heavy atom. The predicted molar refractivity (Wildman–Crippen MR) is 84.5 cm³/mol. The molecule has 4 N–H and O–H groups in total. The molecule has 0 saturated heterocycles. The van der Waals surface area contributed by atoms with Gasteiger partial charge in [0.2, 0.25) is 0 Å². The van der Waals surface area contributed by atoms with Crippen LogP contribution in [0.15, 0.2) is 41.0 Å². The summed E-state index contributed by atoms with van der Waals surface area (Å²) < 4.78 is 6.09. The second-order valence-corrected chi connectivity index (χ2v) is 5.23. The lowest BCUT2D eigenvalue weighted by Gasteiger charge is -2.11. The van der Waals surface area contributed by atoms with Crippen molar-refractivity contribution in [2.75, 3.05) is 18.2 Å². The van der Waals surface area contributed by atoms with Crippen LogP contribution in [0.1, 0.15) is 0 Å². The molecule has 0 fully saturated rings. The highest BCUT2D eigenvalue weighted by atomic mass is 79.9. The first-order chi connectivity index (χ1) is 9.67. The quantitative estimate of drug-likeness (QED) is 0.640. The van der Waals surface area contributed by atoms with Gasteiger partial charge in [0, 0.05) is 11.1 Å². The van der Waals surface area contributed by atoms with Crippen LogP contribution in [-0.4, -0.2) is 17.3 Å². The van der Waals surface area contributed by atoms with E-state index < -0.39 is 0 Å². The van der Waals surface area contributed by atoms with Crippen LogP contribution in [0.2, 0.25) is 0 Å². The normalized spacial score (nSPS) is 10.7. The third kappa shape index (κ3) is 2.30. The number of anilines is 3. The Hall–Kier alpha value is -2.21. The zero-order valence-corrected chi connectivity index (χ0v) is 12.4. The molecule has 2 aromatic carbocycles. The number of ether oxygens (including phenoxy) is 1. The van der Waals surface area contributed by atoms with E-state index >= 15 is 0 Å². The lowest BCUT2D eigenvalue weighted by atomic mass is 10.2. The van der Waals surface area contributed by atoms with Crippen molar-refractivity contribution in [3.05, 3.63) is 41.0 Å². The van der Waals surface area contributed by atoms with Gasteiger partial charge in [-0.15, -0.1) is 0 Å². The first-order valence-corrected chi connectivity index (χ1v) is 6.80. The van der Waals surface area contributed by atoms with Crippen molar-refractivity contribution in [2.45, 2.75) is 0 Å². The van der Waals surface area contributed by atoms with E-state index in [0.29, 0.717) is 5.69 Å². The van der Waals surface area contributed by atoms with Gasteiger partial charge in [-0.3, -0.25) is 5.10 Å². The lowest BCUT2D eigenvalue weighted by molar-refractivity contribution is 0.412. The van der Waals surface area contributed by atoms with Gasteiger partial charge in [0.05, 0.1) is 34.7 Å². The average molecular weight is 333 g/mol. The number of nitrogens with one attached hydrogen (secondary N) is 2. The van der Waals surface area contributed by atoms with Gasteiger partial charge >= 0.3 is 0 Å². The van der Waals surface area contributed by atoms with Crippen LogP contribution in [0.5, 0.6) is 5.75 Å². The van der Waals surface area contributed by atoms with Gasteiger partial charge < -0.3 is 15.8 Å². The summed E-state index contributed by atoms with van der Waals surface area (Å²) in [4.78, 5) is 0. The van der Waals surface area contributed by atoms with Gasteiger partial charge in [-0.1, -0.05) is 0 Å². The largest absolute Gasteiger partial charge is 0.496 e. The van der Waals surface area contributed by atoms with Crippen molar-refractivity contribution in [3.8, 4) is 5.75 Å². The smallest absolute Gasteiger partial charge is 0.133 e. The molecule has 0 aliphatic rings. The second kappa shape index (κ2) is 5.05. The van der Waals surface area contributed by atoms with Gasteiger partial charge in [-0.2, -0.15) is 5.10 Å². The number of hydrogen-bond acceptors (Lipinski definition) is 4. The maximum Gasteiger partial charge on any atom is 0.133 e. The molecule has 0 bridgehead atoms. The third-order valence-electron chi connectivity index (χ3n) is 3.04. The molecule has 0 aliphatic heterocycles. The Bertz CT molecular complexity index is 769. The van der Waals surface area contributed by atoms with Crippen LogP contribution < -0.4 is 15.8 Å². The van der Waals surface area contributed by atoms with Gasteiger partial charge in [0.15, 0.2) is 0 Å². The van der Waals surface area contributed by atoms with Crippen molar-refractivity contribution in [3.63, 3.8) is 0 Å².